The Morgan fingerprint density at radius 2 is 1.81 bits per heavy atom. The van der Waals surface area contributed by atoms with Crippen LogP contribution in [0.2, 0.25) is 5.02 Å². The number of rotatable bonds is 1. The van der Waals surface area contributed by atoms with Crippen LogP contribution in [-0.2, 0) is 0 Å². The van der Waals surface area contributed by atoms with Gasteiger partial charge in [-0.25, -0.2) is 4.39 Å². The minimum absolute atomic E-state index is 0. The quantitative estimate of drug-likeness (QED) is 0.807. The van der Waals surface area contributed by atoms with Crippen molar-refractivity contribution in [2.75, 3.05) is 0 Å². The van der Waals surface area contributed by atoms with Crippen LogP contribution < -0.4 is 5.73 Å². The molecular weight excluding hydrogens is 248 g/mol. The highest BCUT2D eigenvalue weighted by Crippen LogP contribution is 2.36. The Labute approximate surface area is 108 Å². The van der Waals surface area contributed by atoms with Crippen LogP contribution in [0.3, 0.4) is 0 Å². The van der Waals surface area contributed by atoms with Crippen molar-refractivity contribution in [3.63, 3.8) is 0 Å². The monoisotopic (exact) mass is 265 g/mol. The summed E-state index contributed by atoms with van der Waals surface area (Å²) in [5.41, 5.74) is 6.81. The second-order valence-electron chi connectivity index (χ2n) is 4.94. The van der Waals surface area contributed by atoms with Gasteiger partial charge in [0, 0.05) is 16.6 Å². The molecule has 0 saturated carbocycles. The maximum Gasteiger partial charge on any atom is 0.132 e. The van der Waals surface area contributed by atoms with E-state index in [2.05, 4.69) is 0 Å². The summed E-state index contributed by atoms with van der Waals surface area (Å²) in [5.74, 6) is -0.287. The highest BCUT2D eigenvalue weighted by atomic mass is 35.5. The van der Waals surface area contributed by atoms with Crippen LogP contribution in [0, 0.1) is 18.2 Å². The van der Waals surface area contributed by atoms with Crippen molar-refractivity contribution in [2.24, 2.45) is 11.1 Å². The van der Waals surface area contributed by atoms with E-state index in [9.17, 15) is 4.39 Å². The summed E-state index contributed by atoms with van der Waals surface area (Å²) in [4.78, 5) is 0. The van der Waals surface area contributed by atoms with Gasteiger partial charge in [0.2, 0.25) is 0 Å². The third-order valence-corrected chi connectivity index (χ3v) is 2.89. The Morgan fingerprint density at radius 3 is 2.25 bits per heavy atom. The normalized spacial score (nSPS) is 13.2. The van der Waals surface area contributed by atoms with Gasteiger partial charge in [0.05, 0.1) is 0 Å². The smallest absolute Gasteiger partial charge is 0.132 e. The van der Waals surface area contributed by atoms with Crippen LogP contribution in [-0.4, -0.2) is 0 Å². The zero-order valence-electron chi connectivity index (χ0n) is 9.97. The van der Waals surface area contributed by atoms with Gasteiger partial charge in [0.15, 0.2) is 0 Å². The number of nitrogens with two attached hydrogens (primary N) is 1. The third kappa shape index (κ3) is 3.09. The molecule has 0 bridgehead atoms. The highest BCUT2D eigenvalue weighted by molar-refractivity contribution is 6.31. The van der Waals surface area contributed by atoms with Gasteiger partial charge in [-0.3, -0.25) is 0 Å². The maximum atomic E-state index is 13.9. The first-order valence-electron chi connectivity index (χ1n) is 4.95. The lowest BCUT2D eigenvalue weighted by atomic mass is 9.82. The summed E-state index contributed by atoms with van der Waals surface area (Å²) in [7, 11) is 0. The summed E-state index contributed by atoms with van der Waals surface area (Å²) >= 11 is 5.98. The Morgan fingerprint density at radius 1 is 1.31 bits per heavy atom. The van der Waals surface area contributed by atoms with E-state index in [-0.39, 0.29) is 23.6 Å². The van der Waals surface area contributed by atoms with Gasteiger partial charge in [0.25, 0.3) is 0 Å². The van der Waals surface area contributed by atoms with E-state index in [1.165, 1.54) is 0 Å². The second kappa shape index (κ2) is 5.35. The molecule has 0 heterocycles. The van der Waals surface area contributed by atoms with Gasteiger partial charge >= 0.3 is 0 Å². The SMILES string of the molecule is Cc1ccc(Cl)c([C@H](N)C(C)(C)C)c1F.Cl. The second-order valence-corrected chi connectivity index (χ2v) is 5.34. The zero-order valence-corrected chi connectivity index (χ0v) is 11.5. The minimum atomic E-state index is -0.398. The first-order chi connectivity index (χ1) is 6.75. The van der Waals surface area contributed by atoms with E-state index in [1.54, 1.807) is 19.1 Å². The molecule has 1 rings (SSSR count). The van der Waals surface area contributed by atoms with E-state index in [4.69, 9.17) is 17.3 Å². The predicted octanol–water partition coefficient (Wildman–Crippen LogP) is 4.26. The first kappa shape index (κ1) is 15.7. The molecule has 0 unspecified atom stereocenters. The summed E-state index contributed by atoms with van der Waals surface area (Å²) in [6.45, 7) is 7.62. The maximum absolute atomic E-state index is 13.9. The molecule has 0 spiro atoms. The molecule has 1 aromatic rings. The van der Waals surface area contributed by atoms with E-state index in [0.29, 0.717) is 16.1 Å². The fourth-order valence-electron chi connectivity index (χ4n) is 1.40. The van der Waals surface area contributed by atoms with E-state index in [1.807, 2.05) is 20.8 Å². The third-order valence-electron chi connectivity index (χ3n) is 2.56. The molecule has 1 atom stereocenters. The van der Waals surface area contributed by atoms with Crippen LogP contribution in [0.25, 0.3) is 0 Å². The average molecular weight is 266 g/mol. The largest absolute Gasteiger partial charge is 0.323 e. The number of aryl methyl sites for hydroxylation is 1. The van der Waals surface area contributed by atoms with Gasteiger partial charge in [-0.05, 0) is 24.0 Å². The lowest BCUT2D eigenvalue weighted by Gasteiger charge is -2.28. The van der Waals surface area contributed by atoms with Crippen molar-refractivity contribution >= 4 is 24.0 Å². The van der Waals surface area contributed by atoms with Crippen LogP contribution >= 0.6 is 24.0 Å². The molecule has 0 aliphatic rings. The number of hydrogen-bond acceptors (Lipinski definition) is 1. The predicted molar refractivity (Wildman–Crippen MR) is 69.8 cm³/mol. The Bertz CT molecular complexity index is 372. The molecule has 0 aliphatic carbocycles. The number of benzene rings is 1. The summed E-state index contributed by atoms with van der Waals surface area (Å²) in [6, 6.07) is 2.96. The van der Waals surface area contributed by atoms with E-state index in [0.717, 1.165) is 0 Å². The lowest BCUT2D eigenvalue weighted by Crippen LogP contribution is -2.27. The Balaban J connectivity index is 0.00000225. The lowest BCUT2D eigenvalue weighted by molar-refractivity contribution is 0.319. The molecule has 0 aromatic heterocycles. The Hall–Kier alpha value is -0.310. The first-order valence-corrected chi connectivity index (χ1v) is 5.33. The fourth-order valence-corrected chi connectivity index (χ4v) is 1.66. The summed E-state index contributed by atoms with van der Waals surface area (Å²) in [6.07, 6.45) is 0. The molecular formula is C12H18Cl2FN. The van der Waals surface area contributed by atoms with Crippen molar-refractivity contribution in [1.82, 2.24) is 0 Å². The number of halogens is 3. The molecule has 1 aromatic carbocycles. The van der Waals surface area contributed by atoms with Crippen molar-refractivity contribution in [1.29, 1.82) is 0 Å². The Kier molecular flexibility index (Phi) is 5.24. The average Bonchev–Trinajstić information content (AvgIpc) is 2.10. The van der Waals surface area contributed by atoms with Gasteiger partial charge < -0.3 is 5.73 Å². The van der Waals surface area contributed by atoms with Gasteiger partial charge in [0.1, 0.15) is 5.82 Å². The molecule has 2 N–H and O–H groups in total. The highest BCUT2D eigenvalue weighted by Gasteiger charge is 2.27. The minimum Gasteiger partial charge on any atom is -0.323 e. The van der Waals surface area contributed by atoms with E-state index >= 15 is 0 Å². The molecule has 0 amide bonds. The molecule has 0 aliphatic heterocycles. The van der Waals surface area contributed by atoms with E-state index < -0.39 is 6.04 Å². The summed E-state index contributed by atoms with van der Waals surface area (Å²) < 4.78 is 13.9. The van der Waals surface area contributed by atoms with Crippen LogP contribution in [0.4, 0.5) is 4.39 Å². The standard InChI is InChI=1S/C12H17ClFN.ClH/c1-7-5-6-8(13)9(10(7)14)11(15)12(2,3)4;/h5-6,11H,15H2,1-4H3;1H/t11-;/m0./s1. The molecule has 16 heavy (non-hydrogen) atoms. The number of hydrogen-bond donors (Lipinski definition) is 1. The summed E-state index contributed by atoms with van der Waals surface area (Å²) in [5, 5.41) is 0.403. The van der Waals surface area contributed by atoms with Crippen LogP contribution in [0.1, 0.15) is 37.9 Å². The topological polar surface area (TPSA) is 26.0 Å². The van der Waals surface area contributed by atoms with Gasteiger partial charge in [-0.2, -0.15) is 0 Å². The molecule has 0 radical (unpaired) electrons. The van der Waals surface area contributed by atoms with Crippen molar-refractivity contribution < 1.29 is 4.39 Å². The molecule has 1 nitrogen and oxygen atoms in total. The molecule has 0 saturated heterocycles. The van der Waals surface area contributed by atoms with Crippen LogP contribution in [0.15, 0.2) is 12.1 Å². The van der Waals surface area contributed by atoms with Crippen molar-refractivity contribution in [3.05, 3.63) is 34.1 Å². The van der Waals surface area contributed by atoms with Gasteiger partial charge in [-0.1, -0.05) is 38.4 Å². The molecule has 0 fully saturated rings. The van der Waals surface area contributed by atoms with Crippen molar-refractivity contribution in [3.8, 4) is 0 Å². The molecule has 4 heteroatoms. The van der Waals surface area contributed by atoms with Crippen molar-refractivity contribution in [2.45, 2.75) is 33.7 Å². The molecule has 92 valence electrons. The zero-order chi connectivity index (χ0) is 11.8. The van der Waals surface area contributed by atoms with Crippen LogP contribution in [0.5, 0.6) is 0 Å². The fraction of sp³-hybridized carbons (Fsp3) is 0.500. The van der Waals surface area contributed by atoms with Gasteiger partial charge in [-0.15, -0.1) is 12.4 Å².